The molecule has 0 saturated heterocycles. The van der Waals surface area contributed by atoms with Gasteiger partial charge >= 0.3 is 0 Å². The summed E-state index contributed by atoms with van der Waals surface area (Å²) in [6.45, 7) is 7.39. The molecule has 5 nitrogen and oxygen atoms in total. The first kappa shape index (κ1) is 13.9. The van der Waals surface area contributed by atoms with Crippen molar-refractivity contribution in [2.24, 2.45) is 0 Å². The van der Waals surface area contributed by atoms with E-state index in [2.05, 4.69) is 11.6 Å². The summed E-state index contributed by atoms with van der Waals surface area (Å²) in [4.78, 5) is 19.2. The molecule has 0 radical (unpaired) electrons. The number of nitrogens with zero attached hydrogens (tertiary/aromatic N) is 3. The van der Waals surface area contributed by atoms with Crippen LogP contribution in [0.1, 0.15) is 11.4 Å². The van der Waals surface area contributed by atoms with Crippen LogP contribution in [-0.4, -0.2) is 39.1 Å². The summed E-state index contributed by atoms with van der Waals surface area (Å²) >= 11 is 1.46. The number of hydrogen-bond acceptors (Lipinski definition) is 5. The highest BCUT2D eigenvalue weighted by molar-refractivity contribution is 7.15. The van der Waals surface area contributed by atoms with Crippen molar-refractivity contribution in [3.63, 3.8) is 0 Å². The first-order chi connectivity index (χ1) is 9.15. The van der Waals surface area contributed by atoms with Gasteiger partial charge in [-0.3, -0.25) is 14.1 Å². The summed E-state index contributed by atoms with van der Waals surface area (Å²) in [5, 5.41) is 10.9. The van der Waals surface area contributed by atoms with E-state index in [-0.39, 0.29) is 12.2 Å². The van der Waals surface area contributed by atoms with Crippen molar-refractivity contribution in [1.29, 1.82) is 0 Å². The molecule has 1 N–H and O–H groups in total. The van der Waals surface area contributed by atoms with E-state index in [1.807, 2.05) is 17.2 Å². The fourth-order valence-electron chi connectivity index (χ4n) is 1.97. The van der Waals surface area contributed by atoms with Crippen LogP contribution in [0.3, 0.4) is 0 Å². The number of aryl methyl sites for hydroxylation is 1. The highest BCUT2D eigenvalue weighted by Gasteiger charge is 2.09. The minimum absolute atomic E-state index is 0.0544. The van der Waals surface area contributed by atoms with Gasteiger partial charge in [-0.1, -0.05) is 6.08 Å². The molecule has 0 aromatic carbocycles. The van der Waals surface area contributed by atoms with Crippen molar-refractivity contribution in [2.45, 2.75) is 13.5 Å². The van der Waals surface area contributed by atoms with Crippen molar-refractivity contribution in [2.75, 3.05) is 19.7 Å². The number of rotatable bonds is 6. The summed E-state index contributed by atoms with van der Waals surface area (Å²) in [6.07, 6.45) is 1.77. The maximum atomic E-state index is 12.0. The predicted octanol–water partition coefficient (Wildman–Crippen LogP) is 1.04. The Morgan fingerprint density at radius 1 is 1.63 bits per heavy atom. The molecule has 0 spiro atoms. The van der Waals surface area contributed by atoms with Gasteiger partial charge in [0.1, 0.15) is 0 Å². The molecule has 0 fully saturated rings. The smallest absolute Gasteiger partial charge is 0.259 e. The molecule has 19 heavy (non-hydrogen) atoms. The van der Waals surface area contributed by atoms with Crippen LogP contribution in [0.4, 0.5) is 0 Å². The molecule has 0 bridgehead atoms. The summed E-state index contributed by atoms with van der Waals surface area (Å²) in [6, 6.07) is 1.56. The van der Waals surface area contributed by atoms with Gasteiger partial charge in [0, 0.05) is 36.8 Å². The fraction of sp³-hybridized carbons (Fsp3) is 0.385. The SMILES string of the molecule is C=CCN(CCO)Cc1cc(=O)n2c(C)csc2n1. The molecule has 2 heterocycles. The zero-order valence-corrected chi connectivity index (χ0v) is 11.7. The third kappa shape index (κ3) is 3.09. The van der Waals surface area contributed by atoms with Crippen LogP contribution >= 0.6 is 11.3 Å². The number of thiazole rings is 1. The molecule has 2 rings (SSSR count). The zero-order chi connectivity index (χ0) is 13.8. The van der Waals surface area contributed by atoms with Crippen LogP contribution in [0.5, 0.6) is 0 Å². The van der Waals surface area contributed by atoms with Gasteiger partial charge < -0.3 is 5.11 Å². The zero-order valence-electron chi connectivity index (χ0n) is 10.9. The Bertz CT molecular complexity index is 632. The van der Waals surface area contributed by atoms with E-state index in [4.69, 9.17) is 5.11 Å². The number of aliphatic hydroxyl groups is 1. The van der Waals surface area contributed by atoms with Crippen molar-refractivity contribution < 1.29 is 5.11 Å². The van der Waals surface area contributed by atoms with Crippen molar-refractivity contribution in [3.05, 3.63) is 45.8 Å². The second kappa shape index (κ2) is 6.10. The van der Waals surface area contributed by atoms with Crippen LogP contribution in [-0.2, 0) is 6.54 Å². The van der Waals surface area contributed by atoms with Gasteiger partial charge in [-0.15, -0.1) is 17.9 Å². The lowest BCUT2D eigenvalue weighted by Gasteiger charge is -2.18. The maximum Gasteiger partial charge on any atom is 0.259 e. The van der Waals surface area contributed by atoms with Crippen molar-refractivity contribution >= 4 is 16.3 Å². The van der Waals surface area contributed by atoms with Crippen molar-refractivity contribution in [1.82, 2.24) is 14.3 Å². The van der Waals surface area contributed by atoms with Crippen molar-refractivity contribution in [3.8, 4) is 0 Å². The Morgan fingerprint density at radius 3 is 3.11 bits per heavy atom. The molecule has 0 aliphatic heterocycles. The number of aliphatic hydroxyl groups excluding tert-OH is 1. The summed E-state index contributed by atoms with van der Waals surface area (Å²) < 4.78 is 1.61. The normalized spacial score (nSPS) is 11.3. The topological polar surface area (TPSA) is 57.8 Å². The van der Waals surface area contributed by atoms with E-state index in [0.717, 1.165) is 11.4 Å². The Kier molecular flexibility index (Phi) is 4.47. The molecule has 0 aliphatic rings. The van der Waals surface area contributed by atoms with E-state index in [1.54, 1.807) is 16.5 Å². The quantitative estimate of drug-likeness (QED) is 0.803. The average Bonchev–Trinajstić information content (AvgIpc) is 2.72. The maximum absolute atomic E-state index is 12.0. The summed E-state index contributed by atoms with van der Waals surface area (Å²) in [7, 11) is 0. The molecule has 102 valence electrons. The fourth-order valence-corrected chi connectivity index (χ4v) is 2.86. The minimum atomic E-state index is -0.0544. The Hall–Kier alpha value is -1.50. The molecule has 0 atom stereocenters. The average molecular weight is 279 g/mol. The lowest BCUT2D eigenvalue weighted by atomic mass is 10.3. The standard InChI is InChI=1S/C13H17N3O2S/c1-3-4-15(5-6-17)8-11-7-12(18)16-10(2)9-19-13(16)14-11/h3,7,9,17H,1,4-6,8H2,2H3. The molecule has 0 unspecified atom stereocenters. The third-order valence-corrected chi connectivity index (χ3v) is 3.76. The van der Waals surface area contributed by atoms with Gasteiger partial charge in [-0.25, -0.2) is 4.98 Å². The summed E-state index contributed by atoms with van der Waals surface area (Å²) in [5.41, 5.74) is 1.57. The molecule has 0 saturated carbocycles. The molecule has 6 heteroatoms. The second-order valence-corrected chi connectivity index (χ2v) is 5.16. The van der Waals surface area contributed by atoms with Crippen LogP contribution in [0.15, 0.2) is 28.9 Å². The number of hydrogen-bond donors (Lipinski definition) is 1. The largest absolute Gasteiger partial charge is 0.395 e. The minimum Gasteiger partial charge on any atom is -0.395 e. The lowest BCUT2D eigenvalue weighted by molar-refractivity contribution is 0.202. The monoisotopic (exact) mass is 279 g/mol. The molecular formula is C13H17N3O2S. The Balaban J connectivity index is 2.30. The van der Waals surface area contributed by atoms with Crippen LogP contribution < -0.4 is 5.56 Å². The second-order valence-electron chi connectivity index (χ2n) is 4.33. The molecule has 2 aromatic heterocycles. The molecular weight excluding hydrogens is 262 g/mol. The number of aromatic nitrogens is 2. The van der Waals surface area contributed by atoms with E-state index in [0.29, 0.717) is 24.6 Å². The first-order valence-electron chi connectivity index (χ1n) is 6.06. The van der Waals surface area contributed by atoms with E-state index < -0.39 is 0 Å². The highest BCUT2D eigenvalue weighted by atomic mass is 32.1. The van der Waals surface area contributed by atoms with Gasteiger partial charge in [-0.2, -0.15) is 0 Å². The van der Waals surface area contributed by atoms with Gasteiger partial charge in [-0.05, 0) is 6.92 Å². The van der Waals surface area contributed by atoms with Gasteiger partial charge in [0.15, 0.2) is 4.96 Å². The molecule has 0 aliphatic carbocycles. The van der Waals surface area contributed by atoms with E-state index in [1.165, 1.54) is 11.3 Å². The van der Waals surface area contributed by atoms with Gasteiger partial charge in [0.25, 0.3) is 5.56 Å². The van der Waals surface area contributed by atoms with Crippen LogP contribution in [0, 0.1) is 6.92 Å². The molecule has 2 aromatic rings. The van der Waals surface area contributed by atoms with Crippen LogP contribution in [0.2, 0.25) is 0 Å². The van der Waals surface area contributed by atoms with E-state index >= 15 is 0 Å². The molecule has 0 amide bonds. The summed E-state index contributed by atoms with van der Waals surface area (Å²) in [5.74, 6) is 0. The van der Waals surface area contributed by atoms with E-state index in [9.17, 15) is 4.79 Å². The predicted molar refractivity (Wildman–Crippen MR) is 76.6 cm³/mol. The van der Waals surface area contributed by atoms with Gasteiger partial charge in [0.2, 0.25) is 0 Å². The Labute approximate surface area is 115 Å². The Morgan fingerprint density at radius 2 is 2.42 bits per heavy atom. The third-order valence-electron chi connectivity index (χ3n) is 2.82. The first-order valence-corrected chi connectivity index (χ1v) is 6.94. The highest BCUT2D eigenvalue weighted by Crippen LogP contribution is 2.12. The van der Waals surface area contributed by atoms with Gasteiger partial charge in [0.05, 0.1) is 12.3 Å². The van der Waals surface area contributed by atoms with Crippen LogP contribution in [0.25, 0.3) is 4.96 Å². The number of fused-ring (bicyclic) bond motifs is 1. The lowest BCUT2D eigenvalue weighted by Crippen LogP contribution is -2.28.